The summed E-state index contributed by atoms with van der Waals surface area (Å²) in [7, 11) is 0. The Morgan fingerprint density at radius 2 is 2.38 bits per heavy atom. The van der Waals surface area contributed by atoms with Crippen molar-refractivity contribution in [2.75, 3.05) is 0 Å². The molecule has 3 saturated carbocycles. The zero-order valence-electron chi connectivity index (χ0n) is 5.06. The fraction of sp³-hybridized carbons (Fsp3) is 0.875. The molecule has 3 aliphatic rings. The summed E-state index contributed by atoms with van der Waals surface area (Å²) in [4.78, 5) is 0. The Labute approximate surface area is 50.3 Å². The van der Waals surface area contributed by atoms with Crippen LogP contribution in [0.5, 0.6) is 0 Å². The van der Waals surface area contributed by atoms with Crippen LogP contribution in [0.25, 0.3) is 0 Å². The number of fused-ring (bicyclic) bond motifs is 5. The van der Waals surface area contributed by atoms with Gasteiger partial charge in [-0.05, 0) is 12.8 Å². The fourth-order valence-corrected chi connectivity index (χ4v) is 2.82. The molecule has 3 atom stereocenters. The van der Waals surface area contributed by atoms with E-state index in [4.69, 9.17) is 0 Å². The second-order valence-electron chi connectivity index (χ2n) is 3.67. The minimum absolute atomic E-state index is 1.16. The Balaban J connectivity index is 2.02. The molecule has 0 aliphatic heterocycles. The van der Waals surface area contributed by atoms with E-state index in [1.54, 1.807) is 12.8 Å². The van der Waals surface area contributed by atoms with Crippen molar-refractivity contribution in [3.05, 3.63) is 5.92 Å². The smallest absolute Gasteiger partial charge is 0.00497 e. The first-order valence-corrected chi connectivity index (χ1v) is 3.80. The van der Waals surface area contributed by atoms with Gasteiger partial charge in [0.1, 0.15) is 5.92 Å². The van der Waals surface area contributed by atoms with Gasteiger partial charge >= 0.3 is 0 Å². The first kappa shape index (κ1) is 3.81. The Hall–Kier alpha value is -0.130. The molecular weight excluding hydrogens is 96.1 g/mol. The Morgan fingerprint density at radius 3 is 2.88 bits per heavy atom. The monoisotopic (exact) mass is 107 g/mol. The molecule has 0 aromatic heterocycles. The van der Waals surface area contributed by atoms with E-state index in [1.165, 1.54) is 24.7 Å². The highest BCUT2D eigenvalue weighted by molar-refractivity contribution is 5.22. The lowest BCUT2D eigenvalue weighted by atomic mass is 10.0. The van der Waals surface area contributed by atoms with Gasteiger partial charge in [0, 0.05) is 11.8 Å². The topological polar surface area (TPSA) is 0 Å². The van der Waals surface area contributed by atoms with Gasteiger partial charge in [-0.25, -0.2) is 0 Å². The number of hydrogen-bond donors (Lipinski definition) is 0. The van der Waals surface area contributed by atoms with Gasteiger partial charge in [-0.15, -0.1) is 0 Å². The summed E-state index contributed by atoms with van der Waals surface area (Å²) in [5.41, 5.74) is 0. The van der Waals surface area contributed by atoms with Gasteiger partial charge in [-0.1, -0.05) is 0 Å². The molecule has 8 heavy (non-hydrogen) atoms. The van der Waals surface area contributed by atoms with Gasteiger partial charge in [0.2, 0.25) is 0 Å². The van der Waals surface area contributed by atoms with E-state index in [0.717, 1.165) is 5.92 Å². The maximum atomic E-state index is 1.94. The summed E-state index contributed by atoms with van der Waals surface area (Å²) in [6.45, 7) is 0. The van der Waals surface area contributed by atoms with Crippen LogP contribution in [0.1, 0.15) is 25.7 Å². The number of hydrogen-bond acceptors (Lipinski definition) is 0. The van der Waals surface area contributed by atoms with Gasteiger partial charge in [0.25, 0.3) is 0 Å². The van der Waals surface area contributed by atoms with Crippen LogP contribution < -0.4 is 0 Å². The SMILES string of the molecule is C1CC2C[C+]1C1CC21. The van der Waals surface area contributed by atoms with E-state index >= 15 is 0 Å². The van der Waals surface area contributed by atoms with E-state index in [9.17, 15) is 0 Å². The molecule has 0 aromatic carbocycles. The molecule has 3 rings (SSSR count). The lowest BCUT2D eigenvalue weighted by Gasteiger charge is -1.96. The summed E-state index contributed by atoms with van der Waals surface area (Å²) in [6.07, 6.45) is 6.18. The molecule has 3 aliphatic carbocycles. The highest BCUT2D eigenvalue weighted by Gasteiger charge is 2.66. The third-order valence-corrected chi connectivity index (χ3v) is 3.33. The van der Waals surface area contributed by atoms with Crippen molar-refractivity contribution in [2.24, 2.45) is 17.8 Å². The van der Waals surface area contributed by atoms with Crippen molar-refractivity contribution >= 4 is 0 Å². The van der Waals surface area contributed by atoms with Gasteiger partial charge in [0.15, 0.2) is 0 Å². The zero-order chi connectivity index (χ0) is 5.14. The van der Waals surface area contributed by atoms with Crippen LogP contribution in [0.4, 0.5) is 0 Å². The Morgan fingerprint density at radius 1 is 1.38 bits per heavy atom. The Kier molecular flexibility index (Phi) is 0.448. The minimum Gasteiger partial charge on any atom is -0.00497 e. The van der Waals surface area contributed by atoms with Crippen molar-refractivity contribution in [2.45, 2.75) is 25.7 Å². The molecule has 3 fully saturated rings. The van der Waals surface area contributed by atoms with Crippen LogP contribution in [-0.2, 0) is 0 Å². The van der Waals surface area contributed by atoms with Gasteiger partial charge in [-0.3, -0.25) is 0 Å². The third kappa shape index (κ3) is 0.266. The molecule has 0 saturated heterocycles. The predicted molar refractivity (Wildman–Crippen MR) is 32.2 cm³/mol. The summed E-state index contributed by atoms with van der Waals surface area (Å²) in [5.74, 6) is 5.49. The first-order valence-electron chi connectivity index (χ1n) is 3.80. The normalized spacial score (nSPS) is 57.0. The molecule has 0 amide bonds. The van der Waals surface area contributed by atoms with Crippen LogP contribution in [0.3, 0.4) is 0 Å². The molecule has 0 aromatic rings. The molecule has 0 radical (unpaired) electrons. The standard InChI is InChI=1S/C8H11/c1-2-6-3-5(1)7-4-8(6)7/h5,7-8H,1-4H2/q+1. The second-order valence-corrected chi connectivity index (χ2v) is 3.67. The van der Waals surface area contributed by atoms with Crippen molar-refractivity contribution in [3.63, 3.8) is 0 Å². The predicted octanol–water partition coefficient (Wildman–Crippen LogP) is 2.01. The van der Waals surface area contributed by atoms with E-state index in [-0.39, 0.29) is 0 Å². The van der Waals surface area contributed by atoms with Gasteiger partial charge in [-0.2, -0.15) is 0 Å². The lowest BCUT2D eigenvalue weighted by Crippen LogP contribution is -1.94. The molecule has 0 heterocycles. The minimum atomic E-state index is 1.16. The zero-order valence-corrected chi connectivity index (χ0v) is 5.06. The molecule has 0 N–H and O–H groups in total. The lowest BCUT2D eigenvalue weighted by molar-refractivity contribution is 0.486. The van der Waals surface area contributed by atoms with Crippen LogP contribution in [-0.4, -0.2) is 0 Å². The summed E-state index contributed by atoms with van der Waals surface area (Å²) in [6, 6.07) is 0. The number of rotatable bonds is 0. The summed E-state index contributed by atoms with van der Waals surface area (Å²) >= 11 is 0. The maximum Gasteiger partial charge on any atom is 0.104 e. The molecular formula is C8H11+. The van der Waals surface area contributed by atoms with Crippen molar-refractivity contribution in [1.29, 1.82) is 0 Å². The van der Waals surface area contributed by atoms with Crippen molar-refractivity contribution in [3.8, 4) is 0 Å². The van der Waals surface area contributed by atoms with Crippen LogP contribution >= 0.6 is 0 Å². The van der Waals surface area contributed by atoms with E-state index in [2.05, 4.69) is 0 Å². The average molecular weight is 107 g/mol. The highest BCUT2D eigenvalue weighted by atomic mass is 14.6. The molecule has 3 unspecified atom stereocenters. The molecule has 2 bridgehead atoms. The quantitative estimate of drug-likeness (QED) is 0.415. The first-order chi connectivity index (χ1) is 3.95. The van der Waals surface area contributed by atoms with E-state index in [1.807, 2.05) is 5.92 Å². The van der Waals surface area contributed by atoms with E-state index in [0.29, 0.717) is 0 Å². The molecule has 0 nitrogen and oxygen atoms in total. The van der Waals surface area contributed by atoms with E-state index < -0.39 is 0 Å². The van der Waals surface area contributed by atoms with Gasteiger partial charge < -0.3 is 0 Å². The van der Waals surface area contributed by atoms with Crippen molar-refractivity contribution in [1.82, 2.24) is 0 Å². The Bertz CT molecular complexity index is 114. The van der Waals surface area contributed by atoms with Crippen LogP contribution in [0.2, 0.25) is 0 Å². The fourth-order valence-electron chi connectivity index (χ4n) is 2.82. The van der Waals surface area contributed by atoms with Crippen LogP contribution in [0, 0.1) is 23.7 Å². The molecule has 0 spiro atoms. The van der Waals surface area contributed by atoms with Gasteiger partial charge in [0.05, 0.1) is 18.8 Å². The maximum absolute atomic E-state index is 1.94. The largest absolute Gasteiger partial charge is 0.104 e. The summed E-state index contributed by atoms with van der Waals surface area (Å²) < 4.78 is 0. The molecule has 0 heteroatoms. The second kappa shape index (κ2) is 0.940. The third-order valence-electron chi connectivity index (χ3n) is 3.33. The average Bonchev–Trinajstić information content (AvgIpc) is 2.39. The summed E-state index contributed by atoms with van der Waals surface area (Å²) in [5, 5.41) is 0. The molecule has 42 valence electrons. The van der Waals surface area contributed by atoms with Crippen molar-refractivity contribution < 1.29 is 0 Å². The van der Waals surface area contributed by atoms with Crippen LogP contribution in [0.15, 0.2) is 0 Å². The highest BCUT2D eigenvalue weighted by Crippen LogP contribution is 2.66.